The van der Waals surface area contributed by atoms with Gasteiger partial charge in [-0.25, -0.2) is 4.79 Å². The average Bonchev–Trinajstić information content (AvgIpc) is 2.82. The second kappa shape index (κ2) is 13.0. The van der Waals surface area contributed by atoms with Crippen LogP contribution in [0.4, 0.5) is 4.79 Å². The third kappa shape index (κ3) is 8.76. The monoisotopic (exact) mass is 453 g/mol. The van der Waals surface area contributed by atoms with Crippen LogP contribution in [-0.2, 0) is 32.1 Å². The third-order valence-corrected chi connectivity index (χ3v) is 4.89. The Morgan fingerprint density at radius 2 is 1.39 bits per heavy atom. The zero-order chi connectivity index (χ0) is 24.2. The number of hydrogen-bond donors (Lipinski definition) is 3. The molecule has 8 heteroatoms. The van der Waals surface area contributed by atoms with Gasteiger partial charge in [0.25, 0.3) is 5.91 Å². The van der Waals surface area contributed by atoms with Gasteiger partial charge in [-0.15, -0.1) is 0 Å². The van der Waals surface area contributed by atoms with Gasteiger partial charge in [0.1, 0.15) is 18.7 Å². The van der Waals surface area contributed by atoms with E-state index in [-0.39, 0.29) is 18.9 Å². The van der Waals surface area contributed by atoms with E-state index >= 15 is 0 Å². The molecule has 2 rings (SSSR count). The fraction of sp³-hybridized carbons (Fsp3) is 0.360. The van der Waals surface area contributed by atoms with Crippen molar-refractivity contribution < 1.29 is 23.9 Å². The SMILES string of the molecule is CNC(=O)C(=O)[C@H](Cc1ccccc1)NC(=O)[C@H](CC(C)C)NC(=O)OCc1ccccc1. The summed E-state index contributed by atoms with van der Waals surface area (Å²) in [6.45, 7) is 3.89. The summed E-state index contributed by atoms with van der Waals surface area (Å²) in [4.78, 5) is 49.9. The van der Waals surface area contributed by atoms with Crippen molar-refractivity contribution >= 4 is 23.7 Å². The zero-order valence-corrected chi connectivity index (χ0v) is 19.2. The topological polar surface area (TPSA) is 114 Å². The van der Waals surface area contributed by atoms with Gasteiger partial charge in [-0.1, -0.05) is 74.5 Å². The van der Waals surface area contributed by atoms with Crippen molar-refractivity contribution in [3.63, 3.8) is 0 Å². The Bertz CT molecular complexity index is 932. The number of rotatable bonds is 11. The maximum atomic E-state index is 13.0. The van der Waals surface area contributed by atoms with Gasteiger partial charge >= 0.3 is 6.09 Å². The van der Waals surface area contributed by atoms with Gasteiger partial charge in [-0.3, -0.25) is 14.4 Å². The highest BCUT2D eigenvalue weighted by Crippen LogP contribution is 2.09. The van der Waals surface area contributed by atoms with E-state index in [4.69, 9.17) is 4.74 Å². The van der Waals surface area contributed by atoms with E-state index in [9.17, 15) is 19.2 Å². The molecule has 176 valence electrons. The standard InChI is InChI=1S/C25H31N3O5/c1-17(2)14-21(28-25(32)33-16-19-12-8-5-9-13-19)23(30)27-20(22(29)24(31)26-3)15-18-10-6-4-7-11-18/h4-13,17,20-21H,14-16H2,1-3H3,(H,26,31)(H,27,30)(H,28,32)/t20-,21-/m0/s1. The summed E-state index contributed by atoms with van der Waals surface area (Å²) in [6.07, 6.45) is -0.263. The lowest BCUT2D eigenvalue weighted by atomic mass is 9.99. The van der Waals surface area contributed by atoms with Crippen molar-refractivity contribution in [1.82, 2.24) is 16.0 Å². The van der Waals surface area contributed by atoms with Crippen molar-refractivity contribution in [2.45, 2.75) is 45.4 Å². The number of carbonyl (C=O) groups excluding carboxylic acids is 4. The number of Topliss-reactive ketones (excluding diaryl/α,β-unsaturated/α-hetero) is 1. The predicted molar refractivity (Wildman–Crippen MR) is 124 cm³/mol. The van der Waals surface area contributed by atoms with Crippen molar-refractivity contribution in [2.75, 3.05) is 7.05 Å². The van der Waals surface area contributed by atoms with E-state index in [0.29, 0.717) is 6.42 Å². The Kier molecular flexibility index (Phi) is 10.1. The van der Waals surface area contributed by atoms with Crippen LogP contribution in [0.5, 0.6) is 0 Å². The van der Waals surface area contributed by atoms with Crippen molar-refractivity contribution in [3.8, 4) is 0 Å². The summed E-state index contributed by atoms with van der Waals surface area (Å²) in [7, 11) is 1.35. The number of alkyl carbamates (subject to hydrolysis) is 1. The smallest absolute Gasteiger partial charge is 0.408 e. The first-order valence-corrected chi connectivity index (χ1v) is 10.9. The fourth-order valence-corrected chi connectivity index (χ4v) is 3.22. The number of nitrogens with one attached hydrogen (secondary N) is 3. The van der Waals surface area contributed by atoms with Crippen LogP contribution in [0.3, 0.4) is 0 Å². The highest BCUT2D eigenvalue weighted by Gasteiger charge is 2.30. The van der Waals surface area contributed by atoms with Crippen LogP contribution in [0, 0.1) is 5.92 Å². The number of ketones is 1. The molecule has 0 saturated carbocycles. The van der Waals surface area contributed by atoms with Crippen LogP contribution >= 0.6 is 0 Å². The molecule has 0 aromatic heterocycles. The summed E-state index contributed by atoms with van der Waals surface area (Å²) in [5.74, 6) is -2.03. The minimum absolute atomic E-state index is 0.0640. The van der Waals surface area contributed by atoms with Crippen molar-refractivity contribution in [2.24, 2.45) is 5.92 Å². The highest BCUT2D eigenvalue weighted by molar-refractivity contribution is 6.38. The molecule has 0 aliphatic heterocycles. The molecular formula is C25H31N3O5. The van der Waals surface area contributed by atoms with E-state index in [1.54, 1.807) is 12.1 Å². The molecule has 33 heavy (non-hydrogen) atoms. The largest absolute Gasteiger partial charge is 0.445 e. The number of hydrogen-bond acceptors (Lipinski definition) is 5. The molecule has 0 unspecified atom stereocenters. The lowest BCUT2D eigenvalue weighted by Crippen LogP contribution is -2.54. The van der Waals surface area contributed by atoms with E-state index in [2.05, 4.69) is 16.0 Å². The third-order valence-electron chi connectivity index (χ3n) is 4.89. The lowest BCUT2D eigenvalue weighted by molar-refractivity contribution is -0.140. The molecule has 8 nitrogen and oxygen atoms in total. The molecule has 0 fully saturated rings. The maximum absolute atomic E-state index is 13.0. The molecule has 0 saturated heterocycles. The first-order chi connectivity index (χ1) is 15.8. The van der Waals surface area contributed by atoms with Gasteiger partial charge in [0.05, 0.1) is 0 Å². The normalized spacial score (nSPS) is 12.4. The molecular weight excluding hydrogens is 422 g/mol. The second-order valence-electron chi connectivity index (χ2n) is 8.08. The first-order valence-electron chi connectivity index (χ1n) is 10.9. The molecule has 0 bridgehead atoms. The van der Waals surface area contributed by atoms with Crippen LogP contribution in [0.25, 0.3) is 0 Å². The Morgan fingerprint density at radius 3 is 1.94 bits per heavy atom. The van der Waals surface area contributed by atoms with Gasteiger partial charge in [-0.05, 0) is 23.5 Å². The minimum Gasteiger partial charge on any atom is -0.445 e. The van der Waals surface area contributed by atoms with Gasteiger partial charge in [-0.2, -0.15) is 0 Å². The lowest BCUT2D eigenvalue weighted by Gasteiger charge is -2.23. The molecule has 0 spiro atoms. The number of carbonyl (C=O) groups is 4. The van der Waals surface area contributed by atoms with Gasteiger partial charge in [0.15, 0.2) is 0 Å². The maximum Gasteiger partial charge on any atom is 0.408 e. The van der Waals surface area contributed by atoms with Crippen LogP contribution < -0.4 is 16.0 Å². The van der Waals surface area contributed by atoms with Crippen molar-refractivity contribution in [3.05, 3.63) is 71.8 Å². The molecule has 2 atom stereocenters. The Morgan fingerprint density at radius 1 is 0.818 bits per heavy atom. The van der Waals surface area contributed by atoms with E-state index in [1.807, 2.05) is 62.4 Å². The van der Waals surface area contributed by atoms with Gasteiger partial charge < -0.3 is 20.7 Å². The minimum atomic E-state index is -1.07. The number of benzene rings is 2. The summed E-state index contributed by atoms with van der Waals surface area (Å²) in [6, 6.07) is 16.2. The van der Waals surface area contributed by atoms with E-state index < -0.39 is 35.8 Å². The van der Waals surface area contributed by atoms with Crippen LogP contribution in [-0.4, -0.2) is 42.8 Å². The Hall–Kier alpha value is -3.68. The highest BCUT2D eigenvalue weighted by atomic mass is 16.5. The summed E-state index contributed by atoms with van der Waals surface area (Å²) < 4.78 is 5.23. The molecule has 0 aliphatic rings. The van der Waals surface area contributed by atoms with E-state index in [0.717, 1.165) is 11.1 Å². The predicted octanol–water partition coefficient (Wildman–Crippen LogP) is 2.37. The van der Waals surface area contributed by atoms with Crippen molar-refractivity contribution in [1.29, 1.82) is 0 Å². The molecule has 0 radical (unpaired) electrons. The van der Waals surface area contributed by atoms with Gasteiger partial charge in [0, 0.05) is 13.5 Å². The van der Waals surface area contributed by atoms with Crippen LogP contribution in [0.1, 0.15) is 31.4 Å². The Balaban J connectivity index is 2.09. The molecule has 0 aliphatic carbocycles. The molecule has 2 aromatic carbocycles. The summed E-state index contributed by atoms with van der Waals surface area (Å²) in [5.41, 5.74) is 1.60. The quantitative estimate of drug-likeness (QED) is 0.452. The number of amides is 3. The second-order valence-corrected chi connectivity index (χ2v) is 8.08. The number of ether oxygens (including phenoxy) is 1. The summed E-state index contributed by atoms with van der Waals surface area (Å²) in [5, 5.41) is 7.53. The molecule has 2 aromatic rings. The zero-order valence-electron chi connectivity index (χ0n) is 19.2. The Labute approximate surface area is 194 Å². The molecule has 3 N–H and O–H groups in total. The van der Waals surface area contributed by atoms with Gasteiger partial charge in [0.2, 0.25) is 11.7 Å². The molecule has 0 heterocycles. The fourth-order valence-electron chi connectivity index (χ4n) is 3.22. The van der Waals surface area contributed by atoms with Crippen LogP contribution in [0.2, 0.25) is 0 Å². The number of likely N-dealkylation sites (N-methyl/N-ethyl adjacent to an activating group) is 1. The first kappa shape index (κ1) is 25.6. The van der Waals surface area contributed by atoms with E-state index in [1.165, 1.54) is 7.05 Å². The summed E-state index contributed by atoms with van der Waals surface area (Å²) >= 11 is 0. The van der Waals surface area contributed by atoms with Crippen LogP contribution in [0.15, 0.2) is 60.7 Å². The molecule has 3 amide bonds. The average molecular weight is 454 g/mol.